The van der Waals surface area contributed by atoms with Gasteiger partial charge in [-0.3, -0.25) is 0 Å². The Balaban J connectivity index is 2.25. The van der Waals surface area contributed by atoms with Crippen molar-refractivity contribution in [3.8, 4) is 11.6 Å². The molecule has 5 heteroatoms. The van der Waals surface area contributed by atoms with Crippen molar-refractivity contribution in [1.82, 2.24) is 4.98 Å². The molecule has 1 aromatic carbocycles. The Morgan fingerprint density at radius 1 is 1.22 bits per heavy atom. The normalized spacial score (nSPS) is 10.4. The molecule has 0 saturated carbocycles. The van der Waals surface area contributed by atoms with Crippen molar-refractivity contribution in [2.24, 2.45) is 0 Å². The van der Waals surface area contributed by atoms with Gasteiger partial charge in [0, 0.05) is 17.8 Å². The molecule has 1 heterocycles. The fraction of sp³-hybridized carbons (Fsp3) is 0.154. The third-order valence-electron chi connectivity index (χ3n) is 2.38. The van der Waals surface area contributed by atoms with E-state index in [9.17, 15) is 8.78 Å². The van der Waals surface area contributed by atoms with Crippen molar-refractivity contribution in [2.75, 3.05) is 0 Å². The van der Waals surface area contributed by atoms with Crippen LogP contribution in [0.5, 0.6) is 11.6 Å². The van der Waals surface area contributed by atoms with Crippen molar-refractivity contribution in [3.05, 3.63) is 53.2 Å². The number of hydrogen-bond acceptors (Lipinski definition) is 3. The first-order valence-electron chi connectivity index (χ1n) is 5.29. The lowest BCUT2D eigenvalue weighted by Gasteiger charge is -2.08. The lowest BCUT2D eigenvalue weighted by atomic mass is 10.2. The number of halogens is 2. The lowest BCUT2D eigenvalue weighted by Crippen LogP contribution is -1.95. The molecular weight excluding hydrogens is 240 g/mol. The summed E-state index contributed by atoms with van der Waals surface area (Å²) in [6, 6.07) is 4.97. The fourth-order valence-electron chi connectivity index (χ4n) is 1.47. The molecule has 0 unspecified atom stereocenters. The second kappa shape index (κ2) is 5.10. The average Bonchev–Trinajstić information content (AvgIpc) is 2.36. The number of nitrogens with zero attached hydrogens (tertiary/aromatic N) is 1. The molecule has 1 aromatic heterocycles. The van der Waals surface area contributed by atoms with E-state index in [1.165, 1.54) is 12.3 Å². The molecule has 0 aliphatic carbocycles. The zero-order chi connectivity index (χ0) is 13.1. The van der Waals surface area contributed by atoms with Gasteiger partial charge in [-0.15, -0.1) is 0 Å². The maximum atomic E-state index is 13.0. The highest BCUT2D eigenvalue weighted by atomic mass is 19.2. The number of ether oxygens (including phenoxy) is 1. The lowest BCUT2D eigenvalue weighted by molar-refractivity contribution is 0.281. The topological polar surface area (TPSA) is 42.4 Å². The molecule has 0 amide bonds. The molecule has 0 radical (unpaired) electrons. The Hall–Kier alpha value is -2.01. The second-order valence-corrected chi connectivity index (χ2v) is 3.80. The molecule has 0 saturated heterocycles. The van der Waals surface area contributed by atoms with Crippen molar-refractivity contribution >= 4 is 0 Å². The van der Waals surface area contributed by atoms with Gasteiger partial charge < -0.3 is 9.84 Å². The van der Waals surface area contributed by atoms with Gasteiger partial charge in [0.15, 0.2) is 11.6 Å². The van der Waals surface area contributed by atoms with Crippen LogP contribution in [0.1, 0.15) is 11.1 Å². The summed E-state index contributed by atoms with van der Waals surface area (Å²) < 4.78 is 31.1. The van der Waals surface area contributed by atoms with E-state index in [0.717, 1.165) is 12.1 Å². The number of aryl methyl sites for hydroxylation is 1. The quantitative estimate of drug-likeness (QED) is 0.911. The minimum absolute atomic E-state index is 0.112. The molecule has 18 heavy (non-hydrogen) atoms. The van der Waals surface area contributed by atoms with Crippen LogP contribution in [0.15, 0.2) is 30.5 Å². The predicted molar refractivity (Wildman–Crippen MR) is 61.3 cm³/mol. The summed E-state index contributed by atoms with van der Waals surface area (Å²) in [4.78, 5) is 4.00. The summed E-state index contributed by atoms with van der Waals surface area (Å²) in [6.07, 6.45) is 1.46. The smallest absolute Gasteiger partial charge is 0.222 e. The minimum Gasteiger partial charge on any atom is -0.439 e. The summed E-state index contributed by atoms with van der Waals surface area (Å²) in [5.41, 5.74) is 1.36. The Labute approximate surface area is 103 Å². The van der Waals surface area contributed by atoms with Crippen molar-refractivity contribution in [3.63, 3.8) is 0 Å². The Bertz CT molecular complexity index is 573. The highest BCUT2D eigenvalue weighted by Crippen LogP contribution is 2.24. The van der Waals surface area contributed by atoms with E-state index in [2.05, 4.69) is 4.98 Å². The Morgan fingerprint density at radius 3 is 2.61 bits per heavy atom. The summed E-state index contributed by atoms with van der Waals surface area (Å²) in [6.45, 7) is 1.64. The number of pyridine rings is 1. The Morgan fingerprint density at radius 2 is 2.00 bits per heavy atom. The van der Waals surface area contributed by atoms with E-state index in [-0.39, 0.29) is 12.4 Å². The van der Waals surface area contributed by atoms with Crippen molar-refractivity contribution in [1.29, 1.82) is 0 Å². The zero-order valence-corrected chi connectivity index (χ0v) is 9.65. The molecule has 0 spiro atoms. The summed E-state index contributed by atoms with van der Waals surface area (Å²) in [5, 5.41) is 8.94. The second-order valence-electron chi connectivity index (χ2n) is 3.80. The van der Waals surface area contributed by atoms with E-state index in [1.807, 2.05) is 0 Å². The minimum atomic E-state index is -0.975. The highest BCUT2D eigenvalue weighted by Gasteiger charge is 2.07. The van der Waals surface area contributed by atoms with Crippen LogP contribution >= 0.6 is 0 Å². The van der Waals surface area contributed by atoms with Crippen LogP contribution in [0.3, 0.4) is 0 Å². The third-order valence-corrected chi connectivity index (χ3v) is 2.38. The molecule has 0 aliphatic rings. The molecule has 3 nitrogen and oxygen atoms in total. The van der Waals surface area contributed by atoms with Gasteiger partial charge in [0.2, 0.25) is 5.88 Å². The standard InChI is InChI=1S/C13H11F2NO2/c1-8-4-9(7-17)6-16-13(8)18-10-2-3-11(14)12(15)5-10/h2-6,17H,7H2,1H3. The number of hydrogen-bond donors (Lipinski definition) is 1. The first kappa shape index (κ1) is 12.4. The highest BCUT2D eigenvalue weighted by molar-refractivity contribution is 5.33. The van der Waals surface area contributed by atoms with Gasteiger partial charge in [-0.25, -0.2) is 13.8 Å². The molecule has 0 atom stereocenters. The van der Waals surface area contributed by atoms with E-state index in [1.54, 1.807) is 13.0 Å². The van der Waals surface area contributed by atoms with E-state index < -0.39 is 11.6 Å². The van der Waals surface area contributed by atoms with E-state index in [0.29, 0.717) is 17.0 Å². The number of aliphatic hydroxyl groups excluding tert-OH is 1. The molecule has 0 aliphatic heterocycles. The van der Waals surface area contributed by atoms with Crippen LogP contribution < -0.4 is 4.74 Å². The van der Waals surface area contributed by atoms with Crippen LogP contribution in [0.2, 0.25) is 0 Å². The van der Waals surface area contributed by atoms with Crippen LogP contribution in [0.4, 0.5) is 8.78 Å². The number of rotatable bonds is 3. The molecule has 2 aromatic rings. The molecular formula is C13H11F2NO2. The summed E-state index contributed by atoms with van der Waals surface area (Å²) >= 11 is 0. The van der Waals surface area contributed by atoms with Gasteiger partial charge in [-0.1, -0.05) is 0 Å². The van der Waals surface area contributed by atoms with E-state index >= 15 is 0 Å². The number of benzene rings is 1. The van der Waals surface area contributed by atoms with Gasteiger partial charge >= 0.3 is 0 Å². The molecule has 0 fully saturated rings. The number of aliphatic hydroxyl groups is 1. The van der Waals surface area contributed by atoms with Crippen LogP contribution in [0, 0.1) is 18.6 Å². The third kappa shape index (κ3) is 2.62. The SMILES string of the molecule is Cc1cc(CO)cnc1Oc1ccc(F)c(F)c1. The van der Waals surface area contributed by atoms with E-state index in [4.69, 9.17) is 9.84 Å². The van der Waals surface area contributed by atoms with Crippen LogP contribution in [-0.2, 0) is 6.61 Å². The fourth-order valence-corrected chi connectivity index (χ4v) is 1.47. The maximum Gasteiger partial charge on any atom is 0.222 e. The van der Waals surface area contributed by atoms with Gasteiger partial charge in [0.05, 0.1) is 6.61 Å². The predicted octanol–water partition coefficient (Wildman–Crippen LogP) is 2.95. The largest absolute Gasteiger partial charge is 0.439 e. The Kier molecular flexibility index (Phi) is 3.53. The monoisotopic (exact) mass is 251 g/mol. The number of aromatic nitrogens is 1. The van der Waals surface area contributed by atoms with Gasteiger partial charge in [-0.05, 0) is 30.7 Å². The first-order chi connectivity index (χ1) is 8.60. The van der Waals surface area contributed by atoms with Crippen molar-refractivity contribution in [2.45, 2.75) is 13.5 Å². The molecule has 0 bridgehead atoms. The van der Waals surface area contributed by atoms with Crippen LogP contribution in [0.25, 0.3) is 0 Å². The first-order valence-corrected chi connectivity index (χ1v) is 5.29. The average molecular weight is 251 g/mol. The molecule has 94 valence electrons. The molecule has 2 rings (SSSR count). The maximum absolute atomic E-state index is 13.0. The summed E-state index contributed by atoms with van der Waals surface area (Å²) in [7, 11) is 0. The van der Waals surface area contributed by atoms with Crippen molar-refractivity contribution < 1.29 is 18.6 Å². The zero-order valence-electron chi connectivity index (χ0n) is 9.65. The van der Waals surface area contributed by atoms with Gasteiger partial charge in [-0.2, -0.15) is 0 Å². The van der Waals surface area contributed by atoms with Gasteiger partial charge in [0.25, 0.3) is 0 Å². The van der Waals surface area contributed by atoms with Gasteiger partial charge in [0.1, 0.15) is 5.75 Å². The summed E-state index contributed by atoms with van der Waals surface area (Å²) in [5.74, 6) is -1.45. The molecule has 1 N–H and O–H groups in total. The van der Waals surface area contributed by atoms with Crippen LogP contribution in [-0.4, -0.2) is 10.1 Å².